The Morgan fingerprint density at radius 3 is 2.69 bits per heavy atom. The lowest BCUT2D eigenvalue weighted by Crippen LogP contribution is -2.22. The number of fused-ring (bicyclic) bond motifs is 1. The van der Waals surface area contributed by atoms with Crippen LogP contribution in [0.2, 0.25) is 0 Å². The summed E-state index contributed by atoms with van der Waals surface area (Å²) in [5.41, 5.74) is 5.64. The first-order valence-corrected chi connectivity index (χ1v) is 9.81. The average Bonchev–Trinajstić information content (AvgIpc) is 2.86. The highest BCUT2D eigenvalue weighted by Gasteiger charge is 2.14. The van der Waals surface area contributed by atoms with Crippen molar-refractivity contribution in [3.8, 4) is 0 Å². The molecule has 140 valence electrons. The fourth-order valence-electron chi connectivity index (χ4n) is 3.70. The molecule has 0 radical (unpaired) electrons. The summed E-state index contributed by atoms with van der Waals surface area (Å²) in [6, 6.07) is 6.21. The van der Waals surface area contributed by atoms with E-state index < -0.39 is 0 Å². The molecule has 3 rings (SSSR count). The van der Waals surface area contributed by atoms with Gasteiger partial charge in [0.1, 0.15) is 6.54 Å². The average molecular weight is 354 g/mol. The summed E-state index contributed by atoms with van der Waals surface area (Å²) in [5, 5.41) is 7.66. The molecule has 1 N–H and O–H groups in total. The van der Waals surface area contributed by atoms with E-state index in [-0.39, 0.29) is 12.5 Å². The van der Waals surface area contributed by atoms with E-state index in [1.54, 1.807) is 4.68 Å². The molecule has 2 aromatic rings. The summed E-state index contributed by atoms with van der Waals surface area (Å²) in [6.07, 6.45) is 7.88. The topological polar surface area (TPSA) is 50.2 Å². The van der Waals surface area contributed by atoms with E-state index in [1.807, 2.05) is 13.0 Å². The molecule has 1 aromatic heterocycles. The van der Waals surface area contributed by atoms with E-state index in [4.69, 9.17) is 0 Å². The van der Waals surface area contributed by atoms with Crippen molar-refractivity contribution >= 4 is 17.3 Å². The van der Waals surface area contributed by atoms with Crippen LogP contribution in [-0.4, -0.2) is 28.8 Å². The van der Waals surface area contributed by atoms with Crippen LogP contribution >= 0.6 is 0 Å². The predicted molar refractivity (Wildman–Crippen MR) is 107 cm³/mol. The highest BCUT2D eigenvalue weighted by atomic mass is 16.2. The number of nitrogens with one attached hydrogen (secondary N) is 1. The summed E-state index contributed by atoms with van der Waals surface area (Å²) in [7, 11) is 0. The highest BCUT2D eigenvalue weighted by molar-refractivity contribution is 5.91. The van der Waals surface area contributed by atoms with Gasteiger partial charge in [0.05, 0.1) is 5.69 Å². The summed E-state index contributed by atoms with van der Waals surface area (Å²) in [6.45, 7) is 8.57. The number of hydrogen-bond donors (Lipinski definition) is 1. The number of aromatic nitrogens is 2. The van der Waals surface area contributed by atoms with Crippen molar-refractivity contribution in [1.82, 2.24) is 9.78 Å². The van der Waals surface area contributed by atoms with E-state index in [0.29, 0.717) is 0 Å². The number of carbonyl (C=O) groups excluding carboxylic acids is 1. The highest BCUT2D eigenvalue weighted by Crippen LogP contribution is 2.23. The van der Waals surface area contributed by atoms with E-state index >= 15 is 0 Å². The zero-order valence-corrected chi connectivity index (χ0v) is 16.2. The Hall–Kier alpha value is -2.30. The molecule has 1 aromatic carbocycles. The van der Waals surface area contributed by atoms with Crippen LogP contribution in [0.5, 0.6) is 0 Å². The Kier molecular flexibility index (Phi) is 5.96. The first-order valence-electron chi connectivity index (χ1n) is 9.81. The smallest absolute Gasteiger partial charge is 0.246 e. The van der Waals surface area contributed by atoms with E-state index in [9.17, 15) is 4.79 Å². The number of nitrogens with zero attached hydrogens (tertiary/aromatic N) is 3. The minimum absolute atomic E-state index is 0.0265. The number of carbonyl (C=O) groups is 1. The fraction of sp³-hybridized carbons (Fsp3) is 0.524. The number of anilines is 2. The summed E-state index contributed by atoms with van der Waals surface area (Å²) in [4.78, 5) is 14.8. The Morgan fingerprint density at radius 2 is 1.96 bits per heavy atom. The minimum Gasteiger partial charge on any atom is -0.372 e. The third-order valence-corrected chi connectivity index (χ3v) is 5.20. The SMILES string of the molecule is CCN(CC)c1ccc(NC(=O)Cn2cc3c(n2)CCCCC3)c(C)c1. The molecule has 0 fully saturated rings. The molecule has 0 saturated heterocycles. The molecular formula is C21H30N4O. The van der Waals surface area contributed by atoms with Crippen LogP contribution in [0.3, 0.4) is 0 Å². The molecule has 0 bridgehead atoms. The molecule has 0 saturated carbocycles. The molecule has 1 aliphatic rings. The van der Waals surface area contributed by atoms with Gasteiger partial charge in [0, 0.05) is 30.7 Å². The molecule has 0 unspecified atom stereocenters. The van der Waals surface area contributed by atoms with Gasteiger partial charge in [-0.2, -0.15) is 5.10 Å². The van der Waals surface area contributed by atoms with Crippen molar-refractivity contribution in [1.29, 1.82) is 0 Å². The lowest BCUT2D eigenvalue weighted by atomic mass is 10.1. The zero-order chi connectivity index (χ0) is 18.5. The molecule has 0 aliphatic heterocycles. The van der Waals surface area contributed by atoms with E-state index in [2.05, 4.69) is 47.5 Å². The van der Waals surface area contributed by atoms with Gasteiger partial charge < -0.3 is 10.2 Å². The maximum absolute atomic E-state index is 12.5. The first kappa shape index (κ1) is 18.5. The second kappa shape index (κ2) is 8.39. The van der Waals surface area contributed by atoms with Crippen molar-refractivity contribution in [2.75, 3.05) is 23.3 Å². The number of hydrogen-bond acceptors (Lipinski definition) is 3. The van der Waals surface area contributed by atoms with Gasteiger partial charge in [0.15, 0.2) is 0 Å². The minimum atomic E-state index is -0.0265. The van der Waals surface area contributed by atoms with Gasteiger partial charge in [0.2, 0.25) is 5.91 Å². The van der Waals surface area contributed by atoms with Crippen molar-refractivity contribution < 1.29 is 4.79 Å². The van der Waals surface area contributed by atoms with Gasteiger partial charge in [-0.05, 0) is 75.8 Å². The van der Waals surface area contributed by atoms with Gasteiger partial charge in [-0.25, -0.2) is 0 Å². The van der Waals surface area contributed by atoms with Gasteiger partial charge >= 0.3 is 0 Å². The largest absolute Gasteiger partial charge is 0.372 e. The quantitative estimate of drug-likeness (QED) is 0.799. The normalized spacial score (nSPS) is 13.8. The molecule has 0 spiro atoms. The Morgan fingerprint density at radius 1 is 1.19 bits per heavy atom. The standard InChI is InChI=1S/C21H30N4O/c1-4-24(5-2)18-11-12-19(16(3)13-18)22-21(26)15-25-14-17-9-7-6-8-10-20(17)23-25/h11-14H,4-10,15H2,1-3H3,(H,22,26). The van der Waals surface area contributed by atoms with Crippen LogP contribution in [0.1, 0.15) is 49.9 Å². The molecule has 26 heavy (non-hydrogen) atoms. The molecule has 0 atom stereocenters. The molecule has 5 nitrogen and oxygen atoms in total. The number of aryl methyl sites for hydroxylation is 3. The van der Waals surface area contributed by atoms with Crippen molar-refractivity contribution in [2.24, 2.45) is 0 Å². The van der Waals surface area contributed by atoms with Crippen LogP contribution in [0.15, 0.2) is 24.4 Å². The number of rotatable bonds is 6. The second-order valence-corrected chi connectivity index (χ2v) is 7.08. The second-order valence-electron chi connectivity index (χ2n) is 7.08. The summed E-state index contributed by atoms with van der Waals surface area (Å²) >= 11 is 0. The third kappa shape index (κ3) is 4.26. The van der Waals surface area contributed by atoms with Crippen LogP contribution in [0.25, 0.3) is 0 Å². The third-order valence-electron chi connectivity index (χ3n) is 5.20. The number of amides is 1. The number of benzene rings is 1. The van der Waals surface area contributed by atoms with Gasteiger partial charge in [0.25, 0.3) is 0 Å². The first-order chi connectivity index (χ1) is 12.6. The molecule has 1 heterocycles. The summed E-state index contributed by atoms with van der Waals surface area (Å²) in [5.74, 6) is -0.0265. The maximum Gasteiger partial charge on any atom is 0.246 e. The van der Waals surface area contributed by atoms with Gasteiger partial charge in [-0.3, -0.25) is 9.48 Å². The van der Waals surface area contributed by atoms with Crippen LogP contribution in [0, 0.1) is 6.92 Å². The lowest BCUT2D eigenvalue weighted by Gasteiger charge is -2.22. The maximum atomic E-state index is 12.5. The van der Waals surface area contributed by atoms with Gasteiger partial charge in [-0.15, -0.1) is 0 Å². The van der Waals surface area contributed by atoms with Crippen LogP contribution < -0.4 is 10.2 Å². The fourth-order valence-corrected chi connectivity index (χ4v) is 3.70. The lowest BCUT2D eigenvalue weighted by molar-refractivity contribution is -0.116. The summed E-state index contributed by atoms with van der Waals surface area (Å²) < 4.78 is 1.80. The molecule has 1 aliphatic carbocycles. The van der Waals surface area contributed by atoms with Crippen molar-refractivity contribution in [3.63, 3.8) is 0 Å². The Bertz CT molecular complexity index is 738. The van der Waals surface area contributed by atoms with Crippen LogP contribution in [0.4, 0.5) is 11.4 Å². The molecule has 5 heteroatoms. The van der Waals surface area contributed by atoms with Crippen molar-refractivity contribution in [2.45, 2.75) is 59.4 Å². The predicted octanol–water partition coefficient (Wildman–Crippen LogP) is 3.95. The Balaban J connectivity index is 1.65. The monoisotopic (exact) mass is 354 g/mol. The van der Waals surface area contributed by atoms with Gasteiger partial charge in [-0.1, -0.05) is 6.42 Å². The van der Waals surface area contributed by atoms with E-state index in [1.165, 1.54) is 36.2 Å². The van der Waals surface area contributed by atoms with E-state index in [0.717, 1.165) is 37.2 Å². The zero-order valence-electron chi connectivity index (χ0n) is 16.2. The Labute approximate surface area is 156 Å². The van der Waals surface area contributed by atoms with Crippen LogP contribution in [-0.2, 0) is 24.2 Å². The molecular weight excluding hydrogens is 324 g/mol. The molecule has 1 amide bonds. The van der Waals surface area contributed by atoms with Crippen molar-refractivity contribution in [3.05, 3.63) is 41.2 Å².